The molecule has 134 valence electrons. The molecule has 1 saturated heterocycles. The van der Waals surface area contributed by atoms with E-state index in [1.807, 2.05) is 55.5 Å². The van der Waals surface area contributed by atoms with Crippen LogP contribution in [0.3, 0.4) is 0 Å². The van der Waals surface area contributed by atoms with Crippen LogP contribution in [0.1, 0.15) is 12.5 Å². The Kier molecular flexibility index (Phi) is 6.54. The molecule has 0 spiro atoms. The number of ether oxygens (including phenoxy) is 4. The van der Waals surface area contributed by atoms with Crippen LogP contribution in [-0.2, 0) is 11.3 Å². The van der Waals surface area contributed by atoms with Crippen molar-refractivity contribution in [2.45, 2.75) is 19.6 Å². The molecular weight excluding hydrogens is 318 g/mol. The van der Waals surface area contributed by atoms with Crippen molar-refractivity contribution in [2.24, 2.45) is 0 Å². The van der Waals surface area contributed by atoms with Crippen LogP contribution in [0.5, 0.6) is 17.2 Å². The van der Waals surface area contributed by atoms with E-state index in [0.29, 0.717) is 32.2 Å². The van der Waals surface area contributed by atoms with Gasteiger partial charge in [0.25, 0.3) is 0 Å². The lowest BCUT2D eigenvalue weighted by atomic mass is 10.2. The smallest absolute Gasteiger partial charge is 0.165 e. The average molecular weight is 343 g/mol. The Morgan fingerprint density at radius 3 is 2.68 bits per heavy atom. The predicted molar refractivity (Wildman–Crippen MR) is 96.5 cm³/mol. The lowest BCUT2D eigenvalue weighted by molar-refractivity contribution is -0.000405. The summed E-state index contributed by atoms with van der Waals surface area (Å²) in [7, 11) is 0. The molecule has 5 heteroatoms. The van der Waals surface area contributed by atoms with E-state index >= 15 is 0 Å². The summed E-state index contributed by atoms with van der Waals surface area (Å²) in [6, 6.07) is 15.8. The van der Waals surface area contributed by atoms with Crippen LogP contribution in [0, 0.1) is 0 Å². The van der Waals surface area contributed by atoms with Crippen molar-refractivity contribution in [1.29, 1.82) is 0 Å². The number of nitrogens with one attached hydrogen (secondary N) is 1. The van der Waals surface area contributed by atoms with Crippen molar-refractivity contribution in [1.82, 2.24) is 5.32 Å². The lowest BCUT2D eigenvalue weighted by Gasteiger charge is -2.24. The Hall–Kier alpha value is -2.24. The molecule has 1 unspecified atom stereocenters. The first-order chi connectivity index (χ1) is 12.3. The molecule has 2 aromatic rings. The SMILES string of the molecule is CCOc1ccc(OCc2ccccc2)cc1OCC1CNCCO1. The molecule has 1 aliphatic rings. The molecule has 0 radical (unpaired) electrons. The van der Waals surface area contributed by atoms with Gasteiger partial charge in [-0.1, -0.05) is 30.3 Å². The number of rotatable bonds is 8. The molecule has 3 rings (SSSR count). The van der Waals surface area contributed by atoms with Crippen LogP contribution in [0.2, 0.25) is 0 Å². The van der Waals surface area contributed by atoms with Gasteiger partial charge in [0, 0.05) is 19.2 Å². The third-order valence-corrected chi connectivity index (χ3v) is 3.89. The third-order valence-electron chi connectivity index (χ3n) is 3.89. The van der Waals surface area contributed by atoms with Crippen molar-refractivity contribution >= 4 is 0 Å². The number of morpholine rings is 1. The number of hydrogen-bond donors (Lipinski definition) is 1. The van der Waals surface area contributed by atoms with Gasteiger partial charge in [-0.2, -0.15) is 0 Å². The maximum atomic E-state index is 5.95. The van der Waals surface area contributed by atoms with Crippen molar-refractivity contribution in [3.8, 4) is 17.2 Å². The molecule has 25 heavy (non-hydrogen) atoms. The van der Waals surface area contributed by atoms with Gasteiger partial charge in [-0.05, 0) is 24.6 Å². The summed E-state index contributed by atoms with van der Waals surface area (Å²) in [5, 5.41) is 3.30. The highest BCUT2D eigenvalue weighted by molar-refractivity contribution is 5.45. The summed E-state index contributed by atoms with van der Waals surface area (Å²) >= 11 is 0. The summed E-state index contributed by atoms with van der Waals surface area (Å²) in [6.45, 7) is 5.95. The monoisotopic (exact) mass is 343 g/mol. The highest BCUT2D eigenvalue weighted by atomic mass is 16.5. The summed E-state index contributed by atoms with van der Waals surface area (Å²) in [4.78, 5) is 0. The quantitative estimate of drug-likeness (QED) is 0.798. The maximum Gasteiger partial charge on any atom is 0.165 e. The standard InChI is InChI=1S/C20H25NO4/c1-2-22-19-9-8-17(24-14-16-6-4-3-5-7-16)12-20(19)25-15-18-13-21-10-11-23-18/h3-9,12,18,21H,2,10-11,13-15H2,1H3. The van der Waals surface area contributed by atoms with E-state index in [4.69, 9.17) is 18.9 Å². The first-order valence-corrected chi connectivity index (χ1v) is 8.74. The molecule has 1 atom stereocenters. The van der Waals surface area contributed by atoms with Crippen LogP contribution in [-0.4, -0.2) is 39.0 Å². The molecule has 1 N–H and O–H groups in total. The number of hydrogen-bond acceptors (Lipinski definition) is 5. The summed E-state index contributed by atoms with van der Waals surface area (Å²) < 4.78 is 23.2. The highest BCUT2D eigenvalue weighted by Gasteiger charge is 2.16. The van der Waals surface area contributed by atoms with Crippen LogP contribution in [0.25, 0.3) is 0 Å². The fourth-order valence-corrected chi connectivity index (χ4v) is 2.62. The molecule has 1 fully saturated rings. The van der Waals surface area contributed by atoms with Crippen LogP contribution in [0.15, 0.2) is 48.5 Å². The topological polar surface area (TPSA) is 49.0 Å². The molecular formula is C20H25NO4. The van der Waals surface area contributed by atoms with Gasteiger partial charge in [0.2, 0.25) is 0 Å². The Balaban J connectivity index is 1.63. The Bertz CT molecular complexity index is 641. The fraction of sp³-hybridized carbons (Fsp3) is 0.400. The van der Waals surface area contributed by atoms with E-state index in [1.54, 1.807) is 0 Å². The first-order valence-electron chi connectivity index (χ1n) is 8.74. The van der Waals surface area contributed by atoms with E-state index in [-0.39, 0.29) is 6.10 Å². The molecule has 2 aromatic carbocycles. The third kappa shape index (κ3) is 5.37. The molecule has 1 aliphatic heterocycles. The Morgan fingerprint density at radius 1 is 1.04 bits per heavy atom. The van der Waals surface area contributed by atoms with E-state index in [0.717, 1.165) is 30.2 Å². The average Bonchev–Trinajstić information content (AvgIpc) is 2.68. The van der Waals surface area contributed by atoms with Gasteiger partial charge in [-0.3, -0.25) is 0 Å². The minimum absolute atomic E-state index is 0.0529. The van der Waals surface area contributed by atoms with Gasteiger partial charge < -0.3 is 24.3 Å². The van der Waals surface area contributed by atoms with Gasteiger partial charge in [0.05, 0.1) is 13.2 Å². The minimum Gasteiger partial charge on any atom is -0.490 e. The zero-order valence-electron chi connectivity index (χ0n) is 14.6. The highest BCUT2D eigenvalue weighted by Crippen LogP contribution is 2.32. The second kappa shape index (κ2) is 9.30. The predicted octanol–water partition coefficient (Wildman–Crippen LogP) is 3.03. The zero-order valence-corrected chi connectivity index (χ0v) is 14.6. The molecule has 0 saturated carbocycles. The van der Waals surface area contributed by atoms with Crippen molar-refractivity contribution < 1.29 is 18.9 Å². The summed E-state index contributed by atoms with van der Waals surface area (Å²) in [5.74, 6) is 2.16. The van der Waals surface area contributed by atoms with Crippen molar-refractivity contribution in [3.63, 3.8) is 0 Å². The van der Waals surface area contributed by atoms with Crippen molar-refractivity contribution in [3.05, 3.63) is 54.1 Å². The van der Waals surface area contributed by atoms with E-state index < -0.39 is 0 Å². The molecule has 0 aliphatic carbocycles. The van der Waals surface area contributed by atoms with E-state index in [9.17, 15) is 0 Å². The van der Waals surface area contributed by atoms with Crippen LogP contribution in [0.4, 0.5) is 0 Å². The van der Waals surface area contributed by atoms with E-state index in [1.165, 1.54) is 0 Å². The van der Waals surface area contributed by atoms with Gasteiger partial charge in [-0.25, -0.2) is 0 Å². The van der Waals surface area contributed by atoms with Gasteiger partial charge >= 0.3 is 0 Å². The Labute approximate surface area is 148 Å². The fourth-order valence-electron chi connectivity index (χ4n) is 2.62. The molecule has 0 bridgehead atoms. The Morgan fingerprint density at radius 2 is 1.92 bits per heavy atom. The largest absolute Gasteiger partial charge is 0.490 e. The molecule has 0 aromatic heterocycles. The zero-order chi connectivity index (χ0) is 17.3. The summed E-state index contributed by atoms with van der Waals surface area (Å²) in [6.07, 6.45) is 0.0529. The number of benzene rings is 2. The molecule has 5 nitrogen and oxygen atoms in total. The summed E-state index contributed by atoms with van der Waals surface area (Å²) in [5.41, 5.74) is 1.13. The van der Waals surface area contributed by atoms with Crippen LogP contribution < -0.4 is 19.5 Å². The second-order valence-electron chi connectivity index (χ2n) is 5.82. The second-order valence-corrected chi connectivity index (χ2v) is 5.82. The van der Waals surface area contributed by atoms with Gasteiger partial charge in [0.1, 0.15) is 25.1 Å². The van der Waals surface area contributed by atoms with Crippen LogP contribution >= 0.6 is 0 Å². The normalized spacial score (nSPS) is 17.1. The maximum absolute atomic E-state index is 5.95. The van der Waals surface area contributed by atoms with Gasteiger partial charge in [-0.15, -0.1) is 0 Å². The minimum atomic E-state index is 0.0529. The van der Waals surface area contributed by atoms with Crippen molar-refractivity contribution in [2.75, 3.05) is 32.9 Å². The molecule has 0 amide bonds. The molecule has 1 heterocycles. The lowest BCUT2D eigenvalue weighted by Crippen LogP contribution is -2.41. The van der Waals surface area contributed by atoms with E-state index in [2.05, 4.69) is 5.32 Å². The van der Waals surface area contributed by atoms with Gasteiger partial charge in [0.15, 0.2) is 11.5 Å². The first kappa shape index (κ1) is 17.6.